The van der Waals surface area contributed by atoms with E-state index in [4.69, 9.17) is 0 Å². The third kappa shape index (κ3) is 4.16. The molecule has 2 nitrogen and oxygen atoms in total. The molecule has 222 valence electrons. The third-order valence-corrected chi connectivity index (χ3v) is 11.7. The molecule has 0 saturated heterocycles. The van der Waals surface area contributed by atoms with Crippen LogP contribution in [-0.4, -0.2) is 8.42 Å². The van der Waals surface area contributed by atoms with Crippen LogP contribution in [-0.2, 0) is 26.1 Å². The van der Waals surface area contributed by atoms with Crippen LogP contribution in [0.2, 0.25) is 0 Å². The van der Waals surface area contributed by atoms with E-state index in [-0.39, 0.29) is 16.2 Å². The first-order valence-corrected chi connectivity index (χ1v) is 17.0. The van der Waals surface area contributed by atoms with Gasteiger partial charge in [0.05, 0.1) is 9.79 Å². The second-order valence-electron chi connectivity index (χ2n) is 15.1. The average molecular weight is 597 g/mol. The lowest BCUT2D eigenvalue weighted by molar-refractivity contribution is 0.580. The Morgan fingerprint density at radius 1 is 0.523 bits per heavy atom. The Labute approximate surface area is 262 Å². The molecule has 5 aromatic carbocycles. The summed E-state index contributed by atoms with van der Waals surface area (Å²) >= 11 is 0. The molecule has 0 fully saturated rings. The summed E-state index contributed by atoms with van der Waals surface area (Å²) in [6.45, 7) is 18.4. The molecule has 1 aliphatic heterocycles. The van der Waals surface area contributed by atoms with E-state index in [1.807, 2.05) is 36.4 Å². The van der Waals surface area contributed by atoms with Crippen molar-refractivity contribution >= 4 is 9.84 Å². The van der Waals surface area contributed by atoms with Crippen LogP contribution < -0.4 is 0 Å². The van der Waals surface area contributed by atoms with Gasteiger partial charge in [-0.1, -0.05) is 134 Å². The minimum atomic E-state index is -3.63. The molecular formula is C41H40O2S. The predicted octanol–water partition coefficient (Wildman–Crippen LogP) is 10.7. The smallest absolute Gasteiger partial charge is 0.208 e. The van der Waals surface area contributed by atoms with Gasteiger partial charge in [0.2, 0.25) is 9.84 Å². The van der Waals surface area contributed by atoms with Crippen LogP contribution in [0.5, 0.6) is 0 Å². The Balaban J connectivity index is 1.47. The summed E-state index contributed by atoms with van der Waals surface area (Å²) in [4.78, 5) is 0.802. The lowest BCUT2D eigenvalue weighted by Gasteiger charge is -2.27. The van der Waals surface area contributed by atoms with Gasteiger partial charge in [-0.15, -0.1) is 0 Å². The average Bonchev–Trinajstić information content (AvgIpc) is 3.35. The Morgan fingerprint density at radius 2 is 1.11 bits per heavy atom. The molecule has 0 amide bonds. The largest absolute Gasteiger partial charge is 0.218 e. The van der Waals surface area contributed by atoms with Gasteiger partial charge in [-0.05, 0) is 79.1 Å². The molecule has 0 spiro atoms. The topological polar surface area (TPSA) is 34.1 Å². The Hall–Kier alpha value is -3.95. The summed E-state index contributed by atoms with van der Waals surface area (Å²) < 4.78 is 27.7. The van der Waals surface area contributed by atoms with Gasteiger partial charge in [0.25, 0.3) is 0 Å². The predicted molar refractivity (Wildman–Crippen MR) is 183 cm³/mol. The van der Waals surface area contributed by atoms with E-state index < -0.39 is 9.84 Å². The first-order valence-electron chi connectivity index (χ1n) is 15.5. The number of rotatable bonds is 2. The van der Waals surface area contributed by atoms with Crippen LogP contribution in [0.15, 0.2) is 107 Å². The van der Waals surface area contributed by atoms with Gasteiger partial charge in [0, 0.05) is 22.1 Å². The molecule has 0 N–H and O–H groups in total. The third-order valence-electron chi connectivity index (χ3n) is 9.74. The highest BCUT2D eigenvalue weighted by Gasteiger charge is 2.39. The van der Waals surface area contributed by atoms with Gasteiger partial charge in [0.15, 0.2) is 0 Å². The monoisotopic (exact) mass is 596 g/mol. The molecule has 3 heteroatoms. The van der Waals surface area contributed by atoms with E-state index in [0.29, 0.717) is 9.79 Å². The molecule has 0 radical (unpaired) electrons. The van der Waals surface area contributed by atoms with Crippen LogP contribution in [0.3, 0.4) is 0 Å². The van der Waals surface area contributed by atoms with Crippen molar-refractivity contribution in [3.8, 4) is 44.5 Å². The molecule has 7 rings (SSSR count). The maximum absolute atomic E-state index is 13.8. The number of fused-ring (bicyclic) bond motifs is 6. The second-order valence-corrected chi connectivity index (χ2v) is 16.9. The van der Waals surface area contributed by atoms with Gasteiger partial charge in [0.1, 0.15) is 0 Å². The van der Waals surface area contributed by atoms with Crippen LogP contribution in [0.1, 0.15) is 77.6 Å². The normalized spacial score (nSPS) is 15.8. The molecule has 0 saturated carbocycles. The fourth-order valence-corrected chi connectivity index (χ4v) is 9.02. The van der Waals surface area contributed by atoms with Crippen molar-refractivity contribution in [1.29, 1.82) is 0 Å². The minimum absolute atomic E-state index is 0.0388. The molecule has 2 aliphatic rings. The zero-order valence-corrected chi connectivity index (χ0v) is 27.8. The van der Waals surface area contributed by atoms with Gasteiger partial charge in [-0.2, -0.15) is 0 Å². The molecule has 5 aromatic rings. The summed E-state index contributed by atoms with van der Waals surface area (Å²) in [7, 11) is -3.63. The zero-order chi connectivity index (χ0) is 31.4. The summed E-state index contributed by atoms with van der Waals surface area (Å²) in [6.07, 6.45) is 0. The number of sulfone groups is 1. The number of hydrogen-bond acceptors (Lipinski definition) is 2. The Morgan fingerprint density at radius 3 is 1.82 bits per heavy atom. The lowest BCUT2D eigenvalue weighted by atomic mass is 9.76. The highest BCUT2D eigenvalue weighted by molar-refractivity contribution is 7.92. The van der Waals surface area contributed by atoms with Crippen molar-refractivity contribution < 1.29 is 8.42 Å². The Kier molecular flexibility index (Phi) is 6.07. The van der Waals surface area contributed by atoms with Gasteiger partial charge < -0.3 is 0 Å². The van der Waals surface area contributed by atoms with Gasteiger partial charge >= 0.3 is 0 Å². The van der Waals surface area contributed by atoms with E-state index >= 15 is 0 Å². The summed E-state index contributed by atoms with van der Waals surface area (Å²) in [6, 6.07) is 33.5. The van der Waals surface area contributed by atoms with E-state index in [2.05, 4.69) is 104 Å². The summed E-state index contributed by atoms with van der Waals surface area (Å²) in [5.74, 6) is 0. The zero-order valence-electron chi connectivity index (χ0n) is 27.0. The highest BCUT2D eigenvalue weighted by atomic mass is 32.2. The number of hydrogen-bond donors (Lipinski definition) is 0. The van der Waals surface area contributed by atoms with E-state index in [0.717, 1.165) is 27.8 Å². The molecule has 44 heavy (non-hydrogen) atoms. The summed E-state index contributed by atoms with van der Waals surface area (Å²) in [5, 5.41) is 0. The van der Waals surface area contributed by atoms with Gasteiger partial charge in [-0.25, -0.2) is 8.42 Å². The summed E-state index contributed by atoms with van der Waals surface area (Å²) in [5.41, 5.74) is 13.3. The number of benzene rings is 5. The molecule has 1 heterocycles. The lowest BCUT2D eigenvalue weighted by Crippen LogP contribution is -2.19. The Bertz CT molecular complexity index is 2120. The van der Waals surface area contributed by atoms with Crippen molar-refractivity contribution in [2.75, 3.05) is 0 Å². The standard InChI is InChI=1S/C41H40O2S/c1-39(2,3)27-19-20-32-34(23-27)41(7,8)35-24-28(40(4,5)6)22-33(37(32)35)26-14-11-13-25(21-26)29-16-12-17-31-30-15-9-10-18-36(30)44(42,43)38(29)31/h9-24H,1-8H3. The van der Waals surface area contributed by atoms with E-state index in [1.54, 1.807) is 12.1 Å². The fraction of sp³-hybridized carbons (Fsp3) is 0.268. The quantitative estimate of drug-likeness (QED) is 0.199. The van der Waals surface area contributed by atoms with Crippen LogP contribution in [0, 0.1) is 0 Å². The van der Waals surface area contributed by atoms with Crippen LogP contribution in [0.25, 0.3) is 44.5 Å². The maximum atomic E-state index is 13.8. The van der Waals surface area contributed by atoms with Crippen LogP contribution >= 0.6 is 0 Å². The van der Waals surface area contributed by atoms with Crippen molar-refractivity contribution in [3.05, 3.63) is 119 Å². The molecular weight excluding hydrogens is 557 g/mol. The molecule has 0 aromatic heterocycles. The van der Waals surface area contributed by atoms with E-state index in [9.17, 15) is 8.42 Å². The van der Waals surface area contributed by atoms with Crippen molar-refractivity contribution in [3.63, 3.8) is 0 Å². The van der Waals surface area contributed by atoms with Crippen molar-refractivity contribution in [2.45, 2.75) is 81.4 Å². The van der Waals surface area contributed by atoms with Crippen molar-refractivity contribution in [2.24, 2.45) is 0 Å². The van der Waals surface area contributed by atoms with Crippen LogP contribution in [0.4, 0.5) is 0 Å². The molecule has 0 atom stereocenters. The van der Waals surface area contributed by atoms with Crippen molar-refractivity contribution in [1.82, 2.24) is 0 Å². The van der Waals surface area contributed by atoms with Gasteiger partial charge in [-0.3, -0.25) is 0 Å². The highest BCUT2D eigenvalue weighted by Crippen LogP contribution is 2.55. The fourth-order valence-electron chi connectivity index (χ4n) is 7.13. The maximum Gasteiger partial charge on any atom is 0.208 e. The second kappa shape index (κ2) is 9.28. The SMILES string of the molecule is CC(C)(C)c1ccc2c(c1)C(C)(C)c1cc(C(C)(C)C)cc(-c3cccc(-c4cccc5c4S(=O)(=O)c4ccccc4-5)c3)c1-2. The first-order chi connectivity index (χ1) is 20.6. The molecule has 1 aliphatic carbocycles. The molecule has 0 bridgehead atoms. The molecule has 0 unspecified atom stereocenters. The minimum Gasteiger partial charge on any atom is -0.218 e. The van der Waals surface area contributed by atoms with E-state index in [1.165, 1.54) is 38.9 Å². The first kappa shape index (κ1) is 28.8.